The Hall–Kier alpha value is -2.62. The van der Waals surface area contributed by atoms with Gasteiger partial charge in [0.15, 0.2) is 4.90 Å². The maximum atomic E-state index is 12.5. The molecule has 0 spiro atoms. The molecule has 0 aliphatic rings. The summed E-state index contributed by atoms with van der Waals surface area (Å²) < 4.78 is 28.8. The van der Waals surface area contributed by atoms with Gasteiger partial charge in [0.05, 0.1) is 23.4 Å². The van der Waals surface area contributed by atoms with Crippen LogP contribution in [0.4, 0.5) is 11.4 Å². The number of benzene rings is 2. The highest BCUT2D eigenvalue weighted by atomic mass is 35.5. The predicted octanol–water partition coefficient (Wildman–Crippen LogP) is 3.95. The number of halogens is 2. The van der Waals surface area contributed by atoms with E-state index in [0.717, 1.165) is 11.6 Å². The maximum Gasteiger partial charge on any atom is 0.289 e. The third-order valence-corrected chi connectivity index (χ3v) is 5.60. The lowest BCUT2D eigenvalue weighted by Crippen LogP contribution is -2.14. The largest absolute Gasteiger partial charge is 0.289 e. The van der Waals surface area contributed by atoms with Crippen LogP contribution in [0, 0.1) is 10.1 Å². The zero-order valence-electron chi connectivity index (χ0n) is 13.5. The Labute approximate surface area is 164 Å². The van der Waals surface area contributed by atoms with Crippen molar-refractivity contribution in [1.29, 1.82) is 0 Å². The summed E-state index contributed by atoms with van der Waals surface area (Å²) in [6, 6.07) is 10.1. The van der Waals surface area contributed by atoms with Crippen LogP contribution in [0.3, 0.4) is 0 Å². The standard InChI is InChI=1S/C16H12Cl2N4O4S/c17-12-6-5-11(14(18)7-12)9-21-10-13(8-19-21)20-27(25,26)16-4-2-1-3-15(16)22(23)24/h1-8,10,20H,9H2. The van der Waals surface area contributed by atoms with Crippen molar-refractivity contribution in [2.75, 3.05) is 4.72 Å². The van der Waals surface area contributed by atoms with Crippen molar-refractivity contribution in [2.24, 2.45) is 0 Å². The highest BCUT2D eigenvalue weighted by Gasteiger charge is 2.25. The first kappa shape index (κ1) is 19.2. The van der Waals surface area contributed by atoms with Crippen LogP contribution in [0.15, 0.2) is 59.8 Å². The van der Waals surface area contributed by atoms with Gasteiger partial charge in [-0.1, -0.05) is 41.4 Å². The van der Waals surface area contributed by atoms with Gasteiger partial charge in [-0.05, 0) is 23.8 Å². The van der Waals surface area contributed by atoms with Gasteiger partial charge >= 0.3 is 0 Å². The molecular formula is C16H12Cl2N4O4S. The smallest absolute Gasteiger partial charge is 0.276 e. The fraction of sp³-hybridized carbons (Fsp3) is 0.0625. The molecule has 8 nitrogen and oxygen atoms in total. The fourth-order valence-corrected chi connectivity index (χ4v) is 4.04. The van der Waals surface area contributed by atoms with E-state index < -0.39 is 25.5 Å². The summed E-state index contributed by atoms with van der Waals surface area (Å²) in [6.07, 6.45) is 2.76. The lowest BCUT2D eigenvalue weighted by molar-refractivity contribution is -0.387. The van der Waals surface area contributed by atoms with Crippen LogP contribution in [-0.4, -0.2) is 23.1 Å². The molecule has 0 bridgehead atoms. The van der Waals surface area contributed by atoms with Gasteiger partial charge in [-0.2, -0.15) is 5.10 Å². The van der Waals surface area contributed by atoms with E-state index >= 15 is 0 Å². The minimum Gasteiger partial charge on any atom is -0.276 e. The third kappa shape index (κ3) is 4.38. The molecule has 0 saturated carbocycles. The Balaban J connectivity index is 1.82. The molecule has 0 saturated heterocycles. The number of nitro benzene ring substituents is 1. The average molecular weight is 427 g/mol. The van der Waals surface area contributed by atoms with Crippen molar-refractivity contribution >= 4 is 44.6 Å². The lowest BCUT2D eigenvalue weighted by atomic mass is 10.2. The first-order chi connectivity index (χ1) is 12.8. The molecule has 2 aromatic carbocycles. The SMILES string of the molecule is O=[N+]([O-])c1ccccc1S(=O)(=O)Nc1cnn(Cc2ccc(Cl)cc2Cl)c1. The number of anilines is 1. The topological polar surface area (TPSA) is 107 Å². The summed E-state index contributed by atoms with van der Waals surface area (Å²) in [4.78, 5) is 9.88. The molecule has 27 heavy (non-hydrogen) atoms. The van der Waals surface area contributed by atoms with Gasteiger partial charge in [-0.3, -0.25) is 19.5 Å². The molecular weight excluding hydrogens is 415 g/mol. The first-order valence-corrected chi connectivity index (χ1v) is 9.73. The van der Waals surface area contributed by atoms with E-state index in [2.05, 4.69) is 9.82 Å². The van der Waals surface area contributed by atoms with Gasteiger partial charge in [0, 0.05) is 22.3 Å². The van der Waals surface area contributed by atoms with Gasteiger partial charge in [0.25, 0.3) is 15.7 Å². The highest BCUT2D eigenvalue weighted by molar-refractivity contribution is 7.92. The molecule has 0 aliphatic carbocycles. The van der Waals surface area contributed by atoms with Crippen molar-refractivity contribution in [3.05, 3.63) is 80.6 Å². The molecule has 1 N–H and O–H groups in total. The Bertz CT molecular complexity index is 1120. The summed E-state index contributed by atoms with van der Waals surface area (Å²) in [5, 5.41) is 16.1. The minimum atomic E-state index is -4.15. The molecule has 3 rings (SSSR count). The van der Waals surface area contributed by atoms with Gasteiger partial charge in [-0.15, -0.1) is 0 Å². The van der Waals surface area contributed by atoms with Gasteiger partial charge in [0.2, 0.25) is 0 Å². The van der Waals surface area contributed by atoms with E-state index in [1.54, 1.807) is 18.2 Å². The Morgan fingerprint density at radius 1 is 1.19 bits per heavy atom. The first-order valence-electron chi connectivity index (χ1n) is 7.49. The molecule has 0 amide bonds. The Morgan fingerprint density at radius 2 is 1.93 bits per heavy atom. The quantitative estimate of drug-likeness (QED) is 0.474. The van der Waals surface area contributed by atoms with Crippen LogP contribution in [-0.2, 0) is 16.6 Å². The molecule has 0 unspecified atom stereocenters. The number of rotatable bonds is 6. The van der Waals surface area contributed by atoms with Crippen LogP contribution < -0.4 is 4.72 Å². The number of nitro groups is 1. The normalized spacial score (nSPS) is 11.3. The molecule has 0 fully saturated rings. The fourth-order valence-electron chi connectivity index (χ4n) is 2.37. The molecule has 140 valence electrons. The van der Waals surface area contributed by atoms with E-state index in [9.17, 15) is 18.5 Å². The van der Waals surface area contributed by atoms with Crippen molar-refractivity contribution in [3.63, 3.8) is 0 Å². The number of hydrogen-bond acceptors (Lipinski definition) is 5. The molecule has 0 radical (unpaired) electrons. The molecule has 1 aromatic heterocycles. The summed E-state index contributed by atoms with van der Waals surface area (Å²) in [7, 11) is -4.15. The van der Waals surface area contributed by atoms with Crippen LogP contribution in [0.2, 0.25) is 10.0 Å². The second-order valence-electron chi connectivity index (χ2n) is 5.49. The molecule has 0 atom stereocenters. The van der Waals surface area contributed by atoms with Gasteiger partial charge in [-0.25, -0.2) is 8.42 Å². The number of nitrogens with one attached hydrogen (secondary N) is 1. The van der Waals surface area contributed by atoms with E-state index in [4.69, 9.17) is 23.2 Å². The number of sulfonamides is 1. The monoisotopic (exact) mass is 426 g/mol. The van der Waals surface area contributed by atoms with Gasteiger partial charge < -0.3 is 0 Å². The minimum absolute atomic E-state index is 0.165. The molecule has 3 aromatic rings. The number of para-hydroxylation sites is 1. The van der Waals surface area contributed by atoms with Crippen LogP contribution in [0.1, 0.15) is 5.56 Å². The third-order valence-electron chi connectivity index (χ3n) is 3.58. The van der Waals surface area contributed by atoms with E-state index in [1.165, 1.54) is 35.3 Å². The van der Waals surface area contributed by atoms with Crippen LogP contribution in [0.5, 0.6) is 0 Å². The molecule has 0 aliphatic heterocycles. The van der Waals surface area contributed by atoms with Crippen molar-refractivity contribution in [1.82, 2.24) is 9.78 Å². The van der Waals surface area contributed by atoms with Crippen molar-refractivity contribution in [3.8, 4) is 0 Å². The number of nitrogens with zero attached hydrogens (tertiary/aromatic N) is 3. The van der Waals surface area contributed by atoms with Crippen LogP contribution >= 0.6 is 23.2 Å². The zero-order valence-corrected chi connectivity index (χ0v) is 15.9. The molecule has 1 heterocycles. The Kier molecular flexibility index (Phi) is 5.36. The zero-order chi connectivity index (χ0) is 19.6. The second-order valence-corrected chi connectivity index (χ2v) is 7.99. The highest BCUT2D eigenvalue weighted by Crippen LogP contribution is 2.26. The van der Waals surface area contributed by atoms with Crippen molar-refractivity contribution in [2.45, 2.75) is 11.4 Å². The predicted molar refractivity (Wildman–Crippen MR) is 102 cm³/mol. The summed E-state index contributed by atoms with van der Waals surface area (Å²) in [5.41, 5.74) is 0.404. The average Bonchev–Trinajstić information content (AvgIpc) is 3.03. The number of aromatic nitrogens is 2. The summed E-state index contributed by atoms with van der Waals surface area (Å²) >= 11 is 12.0. The van der Waals surface area contributed by atoms with Crippen LogP contribution in [0.25, 0.3) is 0 Å². The maximum absolute atomic E-state index is 12.5. The van der Waals surface area contributed by atoms with E-state index in [0.29, 0.717) is 16.6 Å². The summed E-state index contributed by atoms with van der Waals surface area (Å²) in [5.74, 6) is 0. The van der Waals surface area contributed by atoms with E-state index in [-0.39, 0.29) is 5.69 Å². The summed E-state index contributed by atoms with van der Waals surface area (Å²) in [6.45, 7) is 0.295. The van der Waals surface area contributed by atoms with Crippen molar-refractivity contribution < 1.29 is 13.3 Å². The number of hydrogen-bond donors (Lipinski definition) is 1. The second kappa shape index (κ2) is 7.55. The molecule has 11 heteroatoms. The Morgan fingerprint density at radius 3 is 2.63 bits per heavy atom. The van der Waals surface area contributed by atoms with E-state index in [1.807, 2.05) is 0 Å². The lowest BCUT2D eigenvalue weighted by Gasteiger charge is -2.07. The van der Waals surface area contributed by atoms with Gasteiger partial charge in [0.1, 0.15) is 0 Å².